The van der Waals surface area contributed by atoms with Crippen molar-refractivity contribution in [3.63, 3.8) is 0 Å². The molecule has 1 heterocycles. The zero-order valence-electron chi connectivity index (χ0n) is 10.5. The second-order valence-electron chi connectivity index (χ2n) is 4.41. The quantitative estimate of drug-likeness (QED) is 0.838. The monoisotopic (exact) mass is 335 g/mol. The number of nitrogens with one attached hydrogen (secondary N) is 1. The van der Waals surface area contributed by atoms with Crippen LogP contribution in [0, 0.1) is 0 Å². The van der Waals surface area contributed by atoms with E-state index in [1.165, 1.54) is 18.4 Å². The summed E-state index contributed by atoms with van der Waals surface area (Å²) < 4.78 is 10.4. The zero-order valence-corrected chi connectivity index (χ0v) is 12.9. The minimum atomic E-state index is -0.619. The van der Waals surface area contributed by atoms with Gasteiger partial charge in [-0.3, -0.25) is 5.32 Å². The molecule has 100 valence electrons. The van der Waals surface area contributed by atoms with Crippen LogP contribution in [0.25, 0.3) is 0 Å². The molecule has 7 heteroatoms. The molecule has 0 aliphatic heterocycles. The van der Waals surface area contributed by atoms with E-state index in [0.29, 0.717) is 15.0 Å². The summed E-state index contributed by atoms with van der Waals surface area (Å²) in [5.74, 6) is -0.503. The van der Waals surface area contributed by atoms with Gasteiger partial charge in [0, 0.05) is 5.38 Å². The van der Waals surface area contributed by atoms with Gasteiger partial charge in [0.2, 0.25) is 0 Å². The van der Waals surface area contributed by atoms with Crippen LogP contribution in [0.1, 0.15) is 30.4 Å². The van der Waals surface area contributed by atoms with Gasteiger partial charge in [-0.1, -0.05) is 0 Å². The highest BCUT2D eigenvalue weighted by Crippen LogP contribution is 2.33. The van der Waals surface area contributed by atoms with Gasteiger partial charge >= 0.3 is 12.1 Å². The molecular weight excluding hydrogens is 322 g/mol. The highest BCUT2D eigenvalue weighted by molar-refractivity contribution is 9.10. The molecule has 0 fully saturated rings. The average Bonchev–Trinajstić information content (AvgIpc) is 2.57. The molecule has 1 amide bonds. The van der Waals surface area contributed by atoms with Crippen molar-refractivity contribution in [2.24, 2.45) is 0 Å². The van der Waals surface area contributed by atoms with Crippen LogP contribution in [-0.4, -0.2) is 24.8 Å². The predicted molar refractivity (Wildman–Crippen MR) is 73.2 cm³/mol. The van der Waals surface area contributed by atoms with Crippen LogP contribution in [-0.2, 0) is 9.47 Å². The van der Waals surface area contributed by atoms with Crippen LogP contribution in [0.2, 0.25) is 0 Å². The Labute approximate surface area is 118 Å². The Morgan fingerprint density at radius 1 is 1.39 bits per heavy atom. The molecule has 1 aromatic heterocycles. The number of methoxy groups -OCH3 is 1. The standard InChI is InChI=1S/C11H14BrNO4S/c1-11(2,3)17-10(15)13-7-6(12)5-18-8(7)9(14)16-4/h5H,1-4H3,(H,13,15). The molecule has 1 aromatic rings. The number of hydrogen-bond acceptors (Lipinski definition) is 5. The van der Waals surface area contributed by atoms with E-state index in [-0.39, 0.29) is 0 Å². The maximum Gasteiger partial charge on any atom is 0.412 e. The number of carbonyl (C=O) groups is 2. The van der Waals surface area contributed by atoms with E-state index in [0.717, 1.165) is 0 Å². The summed E-state index contributed by atoms with van der Waals surface area (Å²) in [5, 5.41) is 4.23. The number of anilines is 1. The van der Waals surface area contributed by atoms with Gasteiger partial charge in [-0.15, -0.1) is 11.3 Å². The van der Waals surface area contributed by atoms with Gasteiger partial charge in [-0.25, -0.2) is 9.59 Å². The molecule has 1 N–H and O–H groups in total. The SMILES string of the molecule is COC(=O)c1scc(Br)c1NC(=O)OC(C)(C)C. The van der Waals surface area contributed by atoms with Crippen molar-refractivity contribution >= 4 is 45.0 Å². The van der Waals surface area contributed by atoms with Crippen LogP contribution in [0.4, 0.5) is 10.5 Å². The fraction of sp³-hybridized carbons (Fsp3) is 0.455. The second-order valence-corrected chi connectivity index (χ2v) is 6.14. The molecule has 0 aromatic carbocycles. The fourth-order valence-corrected chi connectivity index (χ4v) is 2.61. The van der Waals surface area contributed by atoms with Crippen molar-refractivity contribution in [2.45, 2.75) is 26.4 Å². The first-order valence-corrected chi connectivity index (χ1v) is 6.77. The molecule has 0 unspecified atom stereocenters. The minimum absolute atomic E-state index is 0.315. The van der Waals surface area contributed by atoms with Gasteiger partial charge < -0.3 is 9.47 Å². The van der Waals surface area contributed by atoms with Crippen LogP contribution in [0.5, 0.6) is 0 Å². The zero-order chi connectivity index (χ0) is 13.9. The van der Waals surface area contributed by atoms with Gasteiger partial charge in [-0.05, 0) is 36.7 Å². The molecule has 0 saturated carbocycles. The van der Waals surface area contributed by atoms with Gasteiger partial charge in [-0.2, -0.15) is 0 Å². The first-order valence-electron chi connectivity index (χ1n) is 5.10. The lowest BCUT2D eigenvalue weighted by Gasteiger charge is -2.19. The first-order chi connectivity index (χ1) is 8.24. The van der Waals surface area contributed by atoms with Gasteiger partial charge in [0.25, 0.3) is 0 Å². The summed E-state index contributed by atoms with van der Waals surface area (Å²) in [6.07, 6.45) is -0.619. The molecule has 0 aliphatic carbocycles. The molecule has 0 spiro atoms. The fourth-order valence-electron chi connectivity index (χ4n) is 1.10. The number of halogens is 1. The van der Waals surface area contributed by atoms with Gasteiger partial charge in [0.05, 0.1) is 17.3 Å². The molecule has 5 nitrogen and oxygen atoms in total. The van der Waals surface area contributed by atoms with Crippen LogP contribution >= 0.6 is 27.3 Å². The maximum absolute atomic E-state index is 11.6. The number of hydrogen-bond donors (Lipinski definition) is 1. The Morgan fingerprint density at radius 3 is 2.50 bits per heavy atom. The largest absolute Gasteiger partial charge is 0.465 e. The third-order valence-electron chi connectivity index (χ3n) is 1.74. The molecule has 1 rings (SSSR count). The van der Waals surface area contributed by atoms with Crippen LogP contribution in [0.15, 0.2) is 9.85 Å². The smallest absolute Gasteiger partial charge is 0.412 e. The highest BCUT2D eigenvalue weighted by atomic mass is 79.9. The maximum atomic E-state index is 11.6. The number of esters is 1. The number of rotatable bonds is 2. The third-order valence-corrected chi connectivity index (χ3v) is 3.63. The Balaban J connectivity index is 2.87. The van der Waals surface area contributed by atoms with E-state index in [4.69, 9.17) is 4.74 Å². The van der Waals surface area contributed by atoms with Crippen molar-refractivity contribution in [2.75, 3.05) is 12.4 Å². The molecular formula is C11H14BrNO4S. The van der Waals surface area contributed by atoms with E-state index in [1.54, 1.807) is 26.2 Å². The lowest BCUT2D eigenvalue weighted by Crippen LogP contribution is -2.27. The second kappa shape index (κ2) is 5.71. The number of amides is 1. The summed E-state index contributed by atoms with van der Waals surface area (Å²) in [4.78, 5) is 23.4. The average molecular weight is 336 g/mol. The van der Waals surface area contributed by atoms with E-state index in [1.807, 2.05) is 0 Å². The number of thiophene rings is 1. The van der Waals surface area contributed by atoms with E-state index in [9.17, 15) is 9.59 Å². The van der Waals surface area contributed by atoms with Crippen molar-refractivity contribution < 1.29 is 19.1 Å². The van der Waals surface area contributed by atoms with Crippen molar-refractivity contribution in [1.82, 2.24) is 0 Å². The van der Waals surface area contributed by atoms with Crippen molar-refractivity contribution in [3.8, 4) is 0 Å². The topological polar surface area (TPSA) is 64.6 Å². The summed E-state index contributed by atoms with van der Waals surface area (Å²) >= 11 is 4.43. The predicted octanol–water partition coefficient (Wildman–Crippen LogP) is 3.64. The number of carbonyl (C=O) groups excluding carboxylic acids is 2. The third kappa shape index (κ3) is 3.99. The first kappa shape index (κ1) is 15.0. The summed E-state index contributed by atoms with van der Waals surface area (Å²) in [6, 6.07) is 0. The molecule has 0 aliphatic rings. The Morgan fingerprint density at radius 2 is 2.00 bits per heavy atom. The molecule has 0 radical (unpaired) electrons. The van der Waals surface area contributed by atoms with Gasteiger partial charge in [0.1, 0.15) is 10.5 Å². The van der Waals surface area contributed by atoms with E-state index >= 15 is 0 Å². The molecule has 18 heavy (non-hydrogen) atoms. The number of ether oxygens (including phenoxy) is 2. The normalized spacial score (nSPS) is 10.9. The Bertz CT molecular complexity index is 464. The van der Waals surface area contributed by atoms with Crippen LogP contribution < -0.4 is 5.32 Å². The van der Waals surface area contributed by atoms with Crippen molar-refractivity contribution in [1.29, 1.82) is 0 Å². The lowest BCUT2D eigenvalue weighted by atomic mass is 10.2. The highest BCUT2D eigenvalue weighted by Gasteiger charge is 2.22. The molecule has 0 bridgehead atoms. The summed E-state index contributed by atoms with van der Waals surface area (Å²) in [6.45, 7) is 5.28. The summed E-state index contributed by atoms with van der Waals surface area (Å²) in [7, 11) is 1.28. The molecule has 0 atom stereocenters. The minimum Gasteiger partial charge on any atom is -0.465 e. The van der Waals surface area contributed by atoms with E-state index in [2.05, 4.69) is 26.0 Å². The Hall–Kier alpha value is -1.08. The Kier molecular flexibility index (Phi) is 4.75. The summed E-state index contributed by atoms with van der Waals surface area (Å²) in [5.41, 5.74) is -0.237. The lowest BCUT2D eigenvalue weighted by molar-refractivity contribution is 0.0607. The van der Waals surface area contributed by atoms with Gasteiger partial charge in [0.15, 0.2) is 0 Å². The van der Waals surface area contributed by atoms with E-state index < -0.39 is 17.7 Å². The van der Waals surface area contributed by atoms with Crippen LogP contribution in [0.3, 0.4) is 0 Å². The molecule has 0 saturated heterocycles. The van der Waals surface area contributed by atoms with Crippen molar-refractivity contribution in [3.05, 3.63) is 14.7 Å².